The summed E-state index contributed by atoms with van der Waals surface area (Å²) in [7, 11) is 0. The zero-order chi connectivity index (χ0) is 22.5. The quantitative estimate of drug-likeness (QED) is 0.510. The number of nitro groups is 1. The minimum Gasteiger partial charge on any atom is -0.493 e. The third kappa shape index (κ3) is 6.19. The summed E-state index contributed by atoms with van der Waals surface area (Å²) in [5, 5.41) is 15.7. The molecular weight excluding hydrogens is 407 g/mol. The van der Waals surface area contributed by atoms with Crippen molar-refractivity contribution < 1.29 is 32.4 Å². The summed E-state index contributed by atoms with van der Waals surface area (Å²) in [5.74, 6) is -1.15. The van der Waals surface area contributed by atoms with E-state index >= 15 is 0 Å². The summed E-state index contributed by atoms with van der Waals surface area (Å²) >= 11 is 0. The van der Waals surface area contributed by atoms with E-state index in [-0.39, 0.29) is 18.2 Å². The van der Waals surface area contributed by atoms with Crippen LogP contribution < -0.4 is 15.4 Å². The second-order valence-electron chi connectivity index (χ2n) is 6.39. The highest BCUT2D eigenvalue weighted by atomic mass is 19.4. The van der Waals surface area contributed by atoms with Crippen LogP contribution in [0.5, 0.6) is 5.75 Å². The molecule has 0 saturated heterocycles. The second kappa shape index (κ2) is 9.25. The SMILES string of the molecule is CC(=O)Nc1ccc(OC[C@H](C)C(=O)Nc2ccc([N+](=O)[O-])c(C(F)(F)F)c2)cc1. The van der Waals surface area contributed by atoms with Crippen molar-refractivity contribution in [3.63, 3.8) is 0 Å². The summed E-state index contributed by atoms with van der Waals surface area (Å²) in [4.78, 5) is 32.9. The van der Waals surface area contributed by atoms with E-state index in [1.165, 1.54) is 13.8 Å². The number of benzene rings is 2. The molecule has 0 bridgehead atoms. The van der Waals surface area contributed by atoms with Crippen LogP contribution >= 0.6 is 0 Å². The van der Waals surface area contributed by atoms with Gasteiger partial charge in [0.25, 0.3) is 5.69 Å². The first-order valence-electron chi connectivity index (χ1n) is 8.64. The van der Waals surface area contributed by atoms with E-state index in [4.69, 9.17) is 4.74 Å². The van der Waals surface area contributed by atoms with Gasteiger partial charge in [-0.15, -0.1) is 0 Å². The number of rotatable bonds is 7. The van der Waals surface area contributed by atoms with Crippen LogP contribution in [-0.2, 0) is 15.8 Å². The molecule has 1 atom stereocenters. The zero-order valence-electron chi connectivity index (χ0n) is 15.9. The number of ether oxygens (including phenoxy) is 1. The number of hydrogen-bond acceptors (Lipinski definition) is 5. The summed E-state index contributed by atoms with van der Waals surface area (Å²) < 4.78 is 44.6. The Hall–Kier alpha value is -3.63. The Morgan fingerprint density at radius 1 is 1.10 bits per heavy atom. The van der Waals surface area contributed by atoms with Crippen LogP contribution in [0.2, 0.25) is 0 Å². The van der Waals surface area contributed by atoms with Gasteiger partial charge in [0, 0.05) is 24.4 Å². The van der Waals surface area contributed by atoms with Crippen LogP contribution in [0, 0.1) is 16.0 Å². The molecule has 0 spiro atoms. The minimum absolute atomic E-state index is 0.0651. The van der Waals surface area contributed by atoms with Crippen molar-refractivity contribution in [1.82, 2.24) is 0 Å². The molecule has 0 aromatic heterocycles. The molecule has 2 rings (SSSR count). The van der Waals surface area contributed by atoms with Gasteiger partial charge in [-0.1, -0.05) is 6.92 Å². The number of halogens is 3. The van der Waals surface area contributed by atoms with Crippen molar-refractivity contribution >= 4 is 28.9 Å². The first kappa shape index (κ1) is 22.7. The van der Waals surface area contributed by atoms with E-state index in [0.717, 1.165) is 6.07 Å². The highest BCUT2D eigenvalue weighted by molar-refractivity contribution is 5.92. The van der Waals surface area contributed by atoms with Crippen LogP contribution in [0.25, 0.3) is 0 Å². The fourth-order valence-electron chi connectivity index (χ4n) is 2.40. The van der Waals surface area contributed by atoms with Gasteiger partial charge in [0.2, 0.25) is 11.8 Å². The Bertz CT molecular complexity index is 945. The summed E-state index contributed by atoms with van der Waals surface area (Å²) in [5.41, 5.74) is -2.20. The van der Waals surface area contributed by atoms with E-state index in [1.807, 2.05) is 0 Å². The van der Waals surface area contributed by atoms with Gasteiger partial charge >= 0.3 is 6.18 Å². The van der Waals surface area contributed by atoms with Crippen LogP contribution in [0.15, 0.2) is 42.5 Å². The number of alkyl halides is 3. The molecule has 0 fully saturated rings. The van der Waals surface area contributed by atoms with Gasteiger partial charge in [-0.3, -0.25) is 19.7 Å². The number of nitro benzene ring substituents is 1. The molecule has 2 aromatic rings. The largest absolute Gasteiger partial charge is 0.493 e. The average molecular weight is 425 g/mol. The Morgan fingerprint density at radius 3 is 2.23 bits per heavy atom. The molecule has 0 aliphatic rings. The lowest BCUT2D eigenvalue weighted by atomic mass is 10.1. The van der Waals surface area contributed by atoms with E-state index in [1.54, 1.807) is 24.3 Å². The first-order valence-corrected chi connectivity index (χ1v) is 8.64. The van der Waals surface area contributed by atoms with Gasteiger partial charge in [-0.25, -0.2) is 0 Å². The van der Waals surface area contributed by atoms with Gasteiger partial charge in [0.1, 0.15) is 11.3 Å². The molecule has 0 aliphatic carbocycles. The molecular formula is C19H18F3N3O5. The van der Waals surface area contributed by atoms with Crippen LogP contribution in [0.3, 0.4) is 0 Å². The molecule has 0 unspecified atom stereocenters. The lowest BCUT2D eigenvalue weighted by Crippen LogP contribution is -2.25. The normalized spacial score (nSPS) is 12.0. The molecule has 0 heterocycles. The summed E-state index contributed by atoms with van der Waals surface area (Å²) in [6.07, 6.45) is -4.94. The molecule has 0 radical (unpaired) electrons. The van der Waals surface area contributed by atoms with Crippen LogP contribution in [-0.4, -0.2) is 23.3 Å². The monoisotopic (exact) mass is 425 g/mol. The van der Waals surface area contributed by atoms with Crippen molar-refractivity contribution in [2.45, 2.75) is 20.0 Å². The number of nitrogens with one attached hydrogen (secondary N) is 2. The molecule has 0 saturated carbocycles. The predicted molar refractivity (Wildman–Crippen MR) is 102 cm³/mol. The second-order valence-corrected chi connectivity index (χ2v) is 6.39. The highest BCUT2D eigenvalue weighted by Gasteiger charge is 2.38. The predicted octanol–water partition coefficient (Wildman–Crippen LogP) is 4.23. The number of carbonyl (C=O) groups is 2. The van der Waals surface area contributed by atoms with Gasteiger partial charge in [0.05, 0.1) is 17.4 Å². The third-order valence-electron chi connectivity index (χ3n) is 3.89. The fourth-order valence-corrected chi connectivity index (χ4v) is 2.40. The van der Waals surface area contributed by atoms with E-state index in [9.17, 15) is 32.9 Å². The number of amides is 2. The Labute approximate surface area is 169 Å². The Morgan fingerprint density at radius 2 is 1.70 bits per heavy atom. The maximum absolute atomic E-state index is 13.0. The van der Waals surface area contributed by atoms with Crippen molar-refractivity contribution in [2.24, 2.45) is 5.92 Å². The van der Waals surface area contributed by atoms with E-state index < -0.39 is 34.2 Å². The number of carbonyl (C=O) groups excluding carboxylic acids is 2. The third-order valence-corrected chi connectivity index (χ3v) is 3.89. The molecule has 8 nitrogen and oxygen atoms in total. The molecule has 2 aromatic carbocycles. The van der Waals surface area contributed by atoms with Gasteiger partial charge in [0.15, 0.2) is 0 Å². The Balaban J connectivity index is 2.00. The molecule has 2 N–H and O–H groups in total. The van der Waals surface area contributed by atoms with Gasteiger partial charge < -0.3 is 15.4 Å². The smallest absolute Gasteiger partial charge is 0.423 e. The van der Waals surface area contributed by atoms with Crippen LogP contribution in [0.1, 0.15) is 19.4 Å². The van der Waals surface area contributed by atoms with Gasteiger partial charge in [-0.2, -0.15) is 13.2 Å². The maximum atomic E-state index is 13.0. The topological polar surface area (TPSA) is 111 Å². The van der Waals surface area contributed by atoms with Gasteiger partial charge in [-0.05, 0) is 36.4 Å². The molecule has 160 valence electrons. The summed E-state index contributed by atoms with van der Waals surface area (Å²) in [6.45, 7) is 2.81. The number of anilines is 2. The van der Waals surface area contributed by atoms with E-state index in [2.05, 4.69) is 10.6 Å². The zero-order valence-corrected chi connectivity index (χ0v) is 15.9. The standard InChI is InChI=1S/C19H18F3N3O5/c1-11(10-30-15-6-3-13(4-7-15)23-12(2)26)18(27)24-14-5-8-17(25(28)29)16(9-14)19(20,21)22/h3-9,11H,10H2,1-2H3,(H,23,26)(H,24,27)/t11-/m0/s1. The highest BCUT2D eigenvalue weighted by Crippen LogP contribution is 2.37. The first-order chi connectivity index (χ1) is 14.0. The van der Waals surface area contributed by atoms with Crippen molar-refractivity contribution in [2.75, 3.05) is 17.2 Å². The van der Waals surface area contributed by atoms with Crippen LogP contribution in [0.4, 0.5) is 30.2 Å². The van der Waals surface area contributed by atoms with Crippen molar-refractivity contribution in [3.05, 3.63) is 58.1 Å². The molecule has 11 heteroatoms. The number of hydrogen-bond donors (Lipinski definition) is 2. The number of nitrogens with zero attached hydrogens (tertiary/aromatic N) is 1. The fraction of sp³-hybridized carbons (Fsp3) is 0.263. The minimum atomic E-state index is -4.94. The Kier molecular flexibility index (Phi) is 6.98. The maximum Gasteiger partial charge on any atom is 0.423 e. The van der Waals surface area contributed by atoms with E-state index in [0.29, 0.717) is 23.6 Å². The lowest BCUT2D eigenvalue weighted by molar-refractivity contribution is -0.388. The van der Waals surface area contributed by atoms with Crippen molar-refractivity contribution in [3.8, 4) is 5.75 Å². The average Bonchev–Trinajstić information content (AvgIpc) is 2.65. The van der Waals surface area contributed by atoms with Crippen molar-refractivity contribution in [1.29, 1.82) is 0 Å². The molecule has 0 aliphatic heterocycles. The molecule has 2 amide bonds. The molecule has 30 heavy (non-hydrogen) atoms. The summed E-state index contributed by atoms with van der Waals surface area (Å²) in [6, 6.07) is 8.62. The lowest BCUT2D eigenvalue weighted by Gasteiger charge is -2.15.